The Kier molecular flexibility index (Phi) is 4.42. The number of rotatable bonds is 3. The van der Waals surface area contributed by atoms with Crippen LogP contribution in [-0.2, 0) is 11.3 Å². The maximum Gasteiger partial charge on any atom is 0.410 e. The average Bonchev–Trinajstić information content (AvgIpc) is 2.86. The maximum atomic E-state index is 11.8. The minimum absolute atomic E-state index is 0.197. The summed E-state index contributed by atoms with van der Waals surface area (Å²) in [6, 6.07) is 9.75. The van der Waals surface area contributed by atoms with Crippen molar-refractivity contribution in [1.82, 2.24) is 4.90 Å². The van der Waals surface area contributed by atoms with Crippen LogP contribution in [0.2, 0.25) is 0 Å². The third kappa shape index (κ3) is 3.46. The van der Waals surface area contributed by atoms with Crippen molar-refractivity contribution >= 4 is 22.0 Å². The summed E-state index contributed by atoms with van der Waals surface area (Å²) >= 11 is 3.45. The Hall–Kier alpha value is -1.03. The van der Waals surface area contributed by atoms with E-state index in [1.807, 2.05) is 30.3 Å². The first-order chi connectivity index (χ1) is 8.29. The second kappa shape index (κ2) is 6.05. The fourth-order valence-corrected chi connectivity index (χ4v) is 2.46. The van der Waals surface area contributed by atoms with Crippen LogP contribution in [0.25, 0.3) is 0 Å². The van der Waals surface area contributed by atoms with Gasteiger partial charge in [0.1, 0.15) is 6.61 Å². The molecule has 1 aliphatic rings. The number of hydrogen-bond acceptors (Lipinski definition) is 2. The van der Waals surface area contributed by atoms with Crippen LogP contribution in [0.1, 0.15) is 12.0 Å². The minimum Gasteiger partial charge on any atom is -0.445 e. The van der Waals surface area contributed by atoms with Crippen LogP contribution < -0.4 is 0 Å². The molecular weight excluding hydrogens is 282 g/mol. The molecule has 17 heavy (non-hydrogen) atoms. The molecule has 1 aromatic carbocycles. The Morgan fingerprint density at radius 3 is 2.82 bits per heavy atom. The second-order valence-electron chi connectivity index (χ2n) is 4.30. The molecule has 1 fully saturated rings. The summed E-state index contributed by atoms with van der Waals surface area (Å²) in [7, 11) is 0. The van der Waals surface area contributed by atoms with Gasteiger partial charge in [0.25, 0.3) is 0 Å². The molecule has 4 heteroatoms. The molecule has 0 aromatic heterocycles. The standard InChI is InChI=1S/C13H16BrNO2/c14-8-12-6-7-15(9-12)13(16)17-10-11-4-2-1-3-5-11/h1-5,12H,6-10H2/t12-/m0/s1. The highest BCUT2D eigenvalue weighted by molar-refractivity contribution is 9.09. The highest BCUT2D eigenvalue weighted by atomic mass is 79.9. The van der Waals surface area contributed by atoms with Gasteiger partial charge >= 0.3 is 6.09 Å². The molecular formula is C13H16BrNO2. The average molecular weight is 298 g/mol. The first kappa shape index (κ1) is 12.4. The number of amides is 1. The third-order valence-electron chi connectivity index (χ3n) is 2.97. The Morgan fingerprint density at radius 1 is 1.41 bits per heavy atom. The van der Waals surface area contributed by atoms with Crippen LogP contribution in [0.5, 0.6) is 0 Å². The number of alkyl halides is 1. The molecule has 2 rings (SSSR count). The summed E-state index contributed by atoms with van der Waals surface area (Å²) in [4.78, 5) is 13.6. The van der Waals surface area contributed by atoms with Crippen LogP contribution in [0.4, 0.5) is 4.79 Å². The van der Waals surface area contributed by atoms with E-state index in [1.54, 1.807) is 4.90 Å². The van der Waals surface area contributed by atoms with Crippen LogP contribution in [-0.4, -0.2) is 29.4 Å². The Bertz CT molecular complexity index is 369. The van der Waals surface area contributed by atoms with Crippen LogP contribution in [0.15, 0.2) is 30.3 Å². The lowest BCUT2D eigenvalue weighted by atomic mass is 10.2. The zero-order valence-electron chi connectivity index (χ0n) is 9.64. The summed E-state index contributed by atoms with van der Waals surface area (Å²) in [6.45, 7) is 1.97. The molecule has 1 amide bonds. The van der Waals surface area contributed by atoms with Crippen molar-refractivity contribution in [3.63, 3.8) is 0 Å². The molecule has 1 heterocycles. The lowest BCUT2D eigenvalue weighted by Gasteiger charge is -2.15. The molecule has 0 saturated carbocycles. The minimum atomic E-state index is -0.197. The van der Waals surface area contributed by atoms with E-state index in [-0.39, 0.29) is 6.09 Å². The van der Waals surface area contributed by atoms with Crippen molar-refractivity contribution in [2.45, 2.75) is 13.0 Å². The summed E-state index contributed by atoms with van der Waals surface area (Å²) in [5.74, 6) is 0.569. The molecule has 0 N–H and O–H groups in total. The number of likely N-dealkylation sites (tertiary alicyclic amines) is 1. The molecule has 0 unspecified atom stereocenters. The van der Waals surface area contributed by atoms with Crippen LogP contribution >= 0.6 is 15.9 Å². The first-order valence-electron chi connectivity index (χ1n) is 5.81. The van der Waals surface area contributed by atoms with Gasteiger partial charge in [-0.2, -0.15) is 0 Å². The fraction of sp³-hybridized carbons (Fsp3) is 0.462. The van der Waals surface area contributed by atoms with Crippen molar-refractivity contribution in [1.29, 1.82) is 0 Å². The maximum absolute atomic E-state index is 11.8. The molecule has 1 atom stereocenters. The summed E-state index contributed by atoms with van der Waals surface area (Å²) < 4.78 is 5.28. The molecule has 3 nitrogen and oxygen atoms in total. The Labute approximate surface area is 110 Å². The molecule has 0 spiro atoms. The number of carbonyl (C=O) groups is 1. The number of nitrogens with zero attached hydrogens (tertiary/aromatic N) is 1. The Morgan fingerprint density at radius 2 is 2.18 bits per heavy atom. The van der Waals surface area contributed by atoms with Crippen LogP contribution in [0, 0.1) is 5.92 Å². The van der Waals surface area contributed by atoms with Gasteiger partial charge in [-0.05, 0) is 17.9 Å². The number of halogens is 1. The van der Waals surface area contributed by atoms with Crippen molar-refractivity contribution in [3.05, 3.63) is 35.9 Å². The van der Waals surface area contributed by atoms with Gasteiger partial charge in [0, 0.05) is 18.4 Å². The lowest BCUT2D eigenvalue weighted by Crippen LogP contribution is -2.29. The highest BCUT2D eigenvalue weighted by Gasteiger charge is 2.26. The molecule has 0 aliphatic carbocycles. The first-order valence-corrected chi connectivity index (χ1v) is 6.93. The van der Waals surface area contributed by atoms with E-state index in [0.29, 0.717) is 12.5 Å². The van der Waals surface area contributed by atoms with E-state index in [2.05, 4.69) is 15.9 Å². The van der Waals surface area contributed by atoms with Gasteiger partial charge in [-0.3, -0.25) is 0 Å². The topological polar surface area (TPSA) is 29.5 Å². The molecule has 0 radical (unpaired) electrons. The Balaban J connectivity index is 1.78. The van der Waals surface area contributed by atoms with Gasteiger partial charge in [-0.25, -0.2) is 4.79 Å². The van der Waals surface area contributed by atoms with E-state index in [1.165, 1.54) is 0 Å². The van der Waals surface area contributed by atoms with Gasteiger partial charge in [0.15, 0.2) is 0 Å². The van der Waals surface area contributed by atoms with Crippen molar-refractivity contribution < 1.29 is 9.53 Å². The second-order valence-corrected chi connectivity index (χ2v) is 4.94. The SMILES string of the molecule is O=C(OCc1ccccc1)N1CC[C@@H](CBr)C1. The highest BCUT2D eigenvalue weighted by Crippen LogP contribution is 2.19. The monoisotopic (exact) mass is 297 g/mol. The normalized spacial score (nSPS) is 19.4. The molecule has 1 aliphatic heterocycles. The van der Waals surface area contributed by atoms with E-state index in [0.717, 1.165) is 30.4 Å². The summed E-state index contributed by atoms with van der Waals surface area (Å²) in [5, 5.41) is 0.954. The van der Waals surface area contributed by atoms with Gasteiger partial charge in [-0.1, -0.05) is 46.3 Å². The number of hydrogen-bond donors (Lipinski definition) is 0. The number of ether oxygens (including phenoxy) is 1. The van der Waals surface area contributed by atoms with E-state index in [9.17, 15) is 4.79 Å². The largest absolute Gasteiger partial charge is 0.445 e. The quantitative estimate of drug-likeness (QED) is 0.803. The fourth-order valence-electron chi connectivity index (χ4n) is 1.94. The smallest absolute Gasteiger partial charge is 0.410 e. The predicted octanol–water partition coefficient (Wildman–Crippen LogP) is 3.04. The van der Waals surface area contributed by atoms with Crippen LogP contribution in [0.3, 0.4) is 0 Å². The number of carbonyl (C=O) groups excluding carboxylic acids is 1. The molecule has 0 bridgehead atoms. The summed E-state index contributed by atoms with van der Waals surface area (Å²) in [6.07, 6.45) is 0.864. The molecule has 1 saturated heterocycles. The van der Waals surface area contributed by atoms with E-state index in [4.69, 9.17) is 4.74 Å². The number of benzene rings is 1. The van der Waals surface area contributed by atoms with Gasteiger partial charge in [0.05, 0.1) is 0 Å². The zero-order chi connectivity index (χ0) is 12.1. The third-order valence-corrected chi connectivity index (χ3v) is 3.88. The van der Waals surface area contributed by atoms with Crippen molar-refractivity contribution in [3.8, 4) is 0 Å². The van der Waals surface area contributed by atoms with Gasteiger partial charge < -0.3 is 9.64 Å². The summed E-state index contributed by atoms with van der Waals surface area (Å²) in [5.41, 5.74) is 1.03. The lowest BCUT2D eigenvalue weighted by molar-refractivity contribution is 0.103. The van der Waals surface area contributed by atoms with E-state index >= 15 is 0 Å². The van der Waals surface area contributed by atoms with Crippen molar-refractivity contribution in [2.75, 3.05) is 18.4 Å². The van der Waals surface area contributed by atoms with E-state index < -0.39 is 0 Å². The van der Waals surface area contributed by atoms with Gasteiger partial charge in [-0.15, -0.1) is 0 Å². The zero-order valence-corrected chi connectivity index (χ0v) is 11.2. The molecule has 1 aromatic rings. The van der Waals surface area contributed by atoms with Gasteiger partial charge in [0.2, 0.25) is 0 Å². The predicted molar refractivity (Wildman–Crippen MR) is 70.1 cm³/mol. The van der Waals surface area contributed by atoms with Crippen molar-refractivity contribution in [2.24, 2.45) is 5.92 Å². The molecule has 92 valence electrons.